The van der Waals surface area contributed by atoms with E-state index in [1.807, 2.05) is 0 Å². The predicted octanol–water partition coefficient (Wildman–Crippen LogP) is 9.75. The van der Waals surface area contributed by atoms with Gasteiger partial charge in [0.15, 0.2) is 0 Å². The Hall–Kier alpha value is -4.82. The molecule has 0 saturated carbocycles. The summed E-state index contributed by atoms with van der Waals surface area (Å²) in [5.41, 5.74) is 9.91. The van der Waals surface area contributed by atoms with Crippen LogP contribution in [0.3, 0.4) is 0 Å². The first-order valence-electron chi connectivity index (χ1n) is 13.4. The van der Waals surface area contributed by atoms with Crippen LogP contribution in [-0.4, -0.2) is 9.13 Å². The molecule has 38 heavy (non-hydrogen) atoms. The van der Waals surface area contributed by atoms with Crippen LogP contribution in [0.5, 0.6) is 0 Å². The Kier molecular flexibility index (Phi) is 4.68. The zero-order valence-electron chi connectivity index (χ0n) is 21.0. The monoisotopic (exact) mass is 486 g/mol. The van der Waals surface area contributed by atoms with Crippen molar-refractivity contribution in [1.82, 2.24) is 9.13 Å². The molecule has 0 amide bonds. The fourth-order valence-corrected chi connectivity index (χ4v) is 6.20. The van der Waals surface area contributed by atoms with Crippen LogP contribution in [0, 0.1) is 0 Å². The Balaban J connectivity index is 1.37. The van der Waals surface area contributed by atoms with E-state index in [1.165, 1.54) is 66.1 Å². The van der Waals surface area contributed by atoms with Gasteiger partial charge in [0.2, 0.25) is 0 Å². The fourth-order valence-electron chi connectivity index (χ4n) is 6.20. The quantitative estimate of drug-likeness (QED) is 0.235. The minimum atomic E-state index is 1.08. The van der Waals surface area contributed by atoms with Gasteiger partial charge in [0, 0.05) is 32.9 Å². The molecule has 1 aliphatic rings. The number of para-hydroxylation sites is 3. The van der Waals surface area contributed by atoms with Gasteiger partial charge in [0.1, 0.15) is 0 Å². The van der Waals surface area contributed by atoms with Crippen molar-refractivity contribution in [3.05, 3.63) is 133 Å². The first-order chi connectivity index (χ1) is 18.9. The van der Waals surface area contributed by atoms with Crippen molar-refractivity contribution >= 4 is 49.3 Å². The Morgan fingerprint density at radius 2 is 1.08 bits per heavy atom. The van der Waals surface area contributed by atoms with E-state index in [-0.39, 0.29) is 0 Å². The molecule has 1 aliphatic carbocycles. The van der Waals surface area contributed by atoms with Gasteiger partial charge in [-0.05, 0) is 72.5 Å². The smallest absolute Gasteiger partial charge is 0.0547 e. The van der Waals surface area contributed by atoms with Gasteiger partial charge in [-0.2, -0.15) is 0 Å². The average molecular weight is 487 g/mol. The van der Waals surface area contributed by atoms with Crippen LogP contribution in [0.25, 0.3) is 66.1 Å². The summed E-state index contributed by atoms with van der Waals surface area (Å²) in [6.07, 6.45) is 9.12. The number of benzene rings is 5. The van der Waals surface area contributed by atoms with Crippen molar-refractivity contribution in [3.63, 3.8) is 0 Å². The predicted molar refractivity (Wildman–Crippen MR) is 162 cm³/mol. The first kappa shape index (κ1) is 21.3. The van der Waals surface area contributed by atoms with E-state index in [1.54, 1.807) is 0 Å². The van der Waals surface area contributed by atoms with E-state index in [0.717, 1.165) is 12.8 Å². The molecule has 0 saturated heterocycles. The topological polar surface area (TPSA) is 9.86 Å². The summed E-state index contributed by atoms with van der Waals surface area (Å²) in [6.45, 7) is 0. The zero-order valence-corrected chi connectivity index (χ0v) is 21.0. The van der Waals surface area contributed by atoms with Crippen LogP contribution in [0.1, 0.15) is 12.8 Å². The van der Waals surface area contributed by atoms with Crippen LogP contribution < -0.4 is 0 Å². The molecule has 2 heteroatoms. The standard InChI is InChI=1S/C36H26N2/c1-3-11-27(12-4-1)37-34-18-10-8-16-30(34)32-23-25(20-22-35(32)37)26-19-21-31-29-15-7-9-17-33(29)38(36(31)24-26)28-13-5-2-6-14-28/h1,3-5,7-24H,2,6H2. The van der Waals surface area contributed by atoms with E-state index >= 15 is 0 Å². The van der Waals surface area contributed by atoms with Gasteiger partial charge >= 0.3 is 0 Å². The van der Waals surface area contributed by atoms with Crippen LogP contribution in [0.4, 0.5) is 0 Å². The molecule has 8 rings (SSSR count). The molecule has 0 bridgehead atoms. The molecule has 7 aromatic rings. The third-order valence-electron chi connectivity index (χ3n) is 7.93. The summed E-state index contributed by atoms with van der Waals surface area (Å²) < 4.78 is 4.81. The minimum absolute atomic E-state index is 1.08. The van der Waals surface area contributed by atoms with Gasteiger partial charge < -0.3 is 9.13 Å². The van der Waals surface area contributed by atoms with Crippen LogP contribution in [0.2, 0.25) is 0 Å². The molecule has 2 nitrogen and oxygen atoms in total. The number of hydrogen-bond acceptors (Lipinski definition) is 0. The molecule has 2 aromatic heterocycles. The first-order valence-corrected chi connectivity index (χ1v) is 13.4. The second-order valence-corrected chi connectivity index (χ2v) is 10.1. The third kappa shape index (κ3) is 3.13. The number of nitrogens with zero attached hydrogens (tertiary/aromatic N) is 2. The molecular weight excluding hydrogens is 460 g/mol. The van der Waals surface area contributed by atoms with Crippen molar-refractivity contribution in [2.45, 2.75) is 12.8 Å². The lowest BCUT2D eigenvalue weighted by molar-refractivity contribution is 1.02. The highest BCUT2D eigenvalue weighted by molar-refractivity contribution is 6.13. The highest BCUT2D eigenvalue weighted by atomic mass is 15.0. The molecule has 180 valence electrons. The summed E-state index contributed by atoms with van der Waals surface area (Å²) in [5, 5.41) is 5.16. The number of allylic oxidation sites excluding steroid dienone is 4. The number of aromatic nitrogens is 2. The summed E-state index contributed by atoms with van der Waals surface area (Å²) in [5.74, 6) is 0. The summed E-state index contributed by atoms with van der Waals surface area (Å²) in [4.78, 5) is 0. The second kappa shape index (κ2) is 8.36. The molecule has 0 aliphatic heterocycles. The molecule has 2 heterocycles. The van der Waals surface area contributed by atoms with Gasteiger partial charge in [-0.25, -0.2) is 0 Å². The molecule has 0 N–H and O–H groups in total. The number of fused-ring (bicyclic) bond motifs is 6. The average Bonchev–Trinajstić information content (AvgIpc) is 3.50. The largest absolute Gasteiger partial charge is 0.310 e. The summed E-state index contributed by atoms with van der Waals surface area (Å²) >= 11 is 0. The van der Waals surface area contributed by atoms with Gasteiger partial charge in [-0.1, -0.05) is 84.9 Å². The van der Waals surface area contributed by atoms with E-state index in [2.05, 4.69) is 143 Å². The van der Waals surface area contributed by atoms with Crippen molar-refractivity contribution in [2.24, 2.45) is 0 Å². The highest BCUT2D eigenvalue weighted by Gasteiger charge is 2.16. The van der Waals surface area contributed by atoms with Crippen molar-refractivity contribution in [1.29, 1.82) is 0 Å². The lowest BCUT2D eigenvalue weighted by Gasteiger charge is -2.13. The zero-order chi connectivity index (χ0) is 25.1. The van der Waals surface area contributed by atoms with E-state index in [0.29, 0.717) is 0 Å². The molecular formula is C36H26N2. The molecule has 0 spiro atoms. The maximum absolute atomic E-state index is 2.43. The van der Waals surface area contributed by atoms with E-state index in [9.17, 15) is 0 Å². The minimum Gasteiger partial charge on any atom is -0.310 e. The van der Waals surface area contributed by atoms with Gasteiger partial charge in [-0.3, -0.25) is 0 Å². The summed E-state index contributed by atoms with van der Waals surface area (Å²) in [7, 11) is 0. The number of hydrogen-bond donors (Lipinski definition) is 0. The van der Waals surface area contributed by atoms with Crippen molar-refractivity contribution in [2.75, 3.05) is 0 Å². The molecule has 0 fully saturated rings. The fraction of sp³-hybridized carbons (Fsp3) is 0.0556. The maximum Gasteiger partial charge on any atom is 0.0547 e. The molecule has 0 unspecified atom stereocenters. The lowest BCUT2D eigenvalue weighted by Crippen LogP contribution is -1.97. The molecule has 0 radical (unpaired) electrons. The van der Waals surface area contributed by atoms with Gasteiger partial charge in [0.05, 0.1) is 22.1 Å². The van der Waals surface area contributed by atoms with Crippen molar-refractivity contribution < 1.29 is 0 Å². The Bertz CT molecular complexity index is 2070. The van der Waals surface area contributed by atoms with E-state index in [4.69, 9.17) is 0 Å². The Morgan fingerprint density at radius 3 is 1.87 bits per heavy atom. The van der Waals surface area contributed by atoms with Gasteiger partial charge in [-0.15, -0.1) is 0 Å². The lowest BCUT2D eigenvalue weighted by atomic mass is 10.0. The number of rotatable bonds is 3. The van der Waals surface area contributed by atoms with Crippen LogP contribution in [-0.2, 0) is 0 Å². The maximum atomic E-state index is 2.43. The molecule has 0 atom stereocenters. The van der Waals surface area contributed by atoms with Gasteiger partial charge in [0.25, 0.3) is 0 Å². The normalized spacial score (nSPS) is 13.6. The Labute approximate surface area is 221 Å². The van der Waals surface area contributed by atoms with Crippen molar-refractivity contribution in [3.8, 4) is 16.8 Å². The van der Waals surface area contributed by atoms with Crippen LogP contribution in [0.15, 0.2) is 133 Å². The highest BCUT2D eigenvalue weighted by Crippen LogP contribution is 2.38. The van der Waals surface area contributed by atoms with E-state index < -0.39 is 0 Å². The SMILES string of the molecule is C1=CC(n2c3ccccc3c3ccc(-c4ccc5c(c4)c4ccccc4n5-c4ccccc4)cc32)=CCC1. The summed E-state index contributed by atoms with van der Waals surface area (Å²) in [6, 6.07) is 42.0. The molecule has 5 aromatic carbocycles. The Morgan fingerprint density at radius 1 is 0.447 bits per heavy atom. The third-order valence-corrected chi connectivity index (χ3v) is 7.93. The second-order valence-electron chi connectivity index (χ2n) is 10.1. The van der Waals surface area contributed by atoms with Crippen LogP contribution >= 0.6 is 0 Å².